The van der Waals surface area contributed by atoms with E-state index in [1.54, 1.807) is 0 Å². The molecular weight excluding hydrogens is 575 g/mol. The van der Waals surface area contributed by atoms with E-state index in [0.717, 1.165) is 32.2 Å². The molecule has 0 bridgehead atoms. The Morgan fingerprint density at radius 3 is 1.35 bits per heavy atom. The zero-order chi connectivity index (χ0) is 30.7. The maximum Gasteiger partial charge on any atom is 0.171 e. The number of benzene rings is 9. The minimum Gasteiger partial charge on any atom is -0.309 e. The highest BCUT2D eigenvalue weighted by Gasteiger charge is 2.31. The molecule has 0 saturated carbocycles. The normalized spacial score (nSPS) is 12.0. The lowest BCUT2D eigenvalue weighted by Gasteiger charge is -2.22. The summed E-state index contributed by atoms with van der Waals surface area (Å²) < 4.78 is 15.5. The molecule has 216 valence electrons. The highest BCUT2D eigenvalue weighted by molar-refractivity contribution is 7.85. The fourth-order valence-corrected chi connectivity index (χ4v) is 10.4. The lowest BCUT2D eigenvalue weighted by molar-refractivity contribution is 0.592. The number of hydrogen-bond acceptors (Lipinski definition) is 1. The van der Waals surface area contributed by atoms with Crippen LogP contribution in [0.3, 0.4) is 0 Å². The molecule has 1 nitrogen and oxygen atoms in total. The Morgan fingerprint density at radius 2 is 0.717 bits per heavy atom. The van der Waals surface area contributed by atoms with Gasteiger partial charge in [0, 0.05) is 15.9 Å². The van der Waals surface area contributed by atoms with Crippen molar-refractivity contribution >= 4 is 76.9 Å². The van der Waals surface area contributed by atoms with Gasteiger partial charge in [0.15, 0.2) is 7.14 Å². The van der Waals surface area contributed by atoms with Gasteiger partial charge in [0.2, 0.25) is 0 Å². The van der Waals surface area contributed by atoms with Gasteiger partial charge in [-0.05, 0) is 71.1 Å². The SMILES string of the molecule is O=P(c1ccccc1)(c1ccccc1)c1cccc2c(-c3cc4c5ccccc5c5ccccc5c4c4ccccc34)cccc12. The topological polar surface area (TPSA) is 17.1 Å². The van der Waals surface area contributed by atoms with Gasteiger partial charge in [-0.1, -0.05) is 170 Å². The molecule has 0 aliphatic heterocycles. The first kappa shape index (κ1) is 26.9. The molecule has 0 saturated heterocycles. The van der Waals surface area contributed by atoms with E-state index >= 15 is 4.57 Å². The van der Waals surface area contributed by atoms with E-state index in [-0.39, 0.29) is 0 Å². The zero-order valence-electron chi connectivity index (χ0n) is 25.1. The van der Waals surface area contributed by atoms with Crippen LogP contribution in [0.15, 0.2) is 176 Å². The monoisotopic (exact) mass is 604 g/mol. The summed E-state index contributed by atoms with van der Waals surface area (Å²) in [5.74, 6) is 0. The van der Waals surface area contributed by atoms with Crippen molar-refractivity contribution in [2.45, 2.75) is 0 Å². The van der Waals surface area contributed by atoms with Crippen LogP contribution in [-0.2, 0) is 4.57 Å². The minimum absolute atomic E-state index is 0.841. The van der Waals surface area contributed by atoms with E-state index < -0.39 is 7.14 Å². The van der Waals surface area contributed by atoms with Gasteiger partial charge < -0.3 is 4.57 Å². The van der Waals surface area contributed by atoms with Crippen molar-refractivity contribution < 1.29 is 4.57 Å². The van der Waals surface area contributed by atoms with Gasteiger partial charge in [-0.25, -0.2) is 0 Å². The summed E-state index contributed by atoms with van der Waals surface area (Å²) in [6, 6.07) is 61.4. The summed E-state index contributed by atoms with van der Waals surface area (Å²) >= 11 is 0. The van der Waals surface area contributed by atoms with Crippen molar-refractivity contribution in [3.63, 3.8) is 0 Å². The second-order valence-corrected chi connectivity index (χ2v) is 14.7. The van der Waals surface area contributed by atoms with Crippen LogP contribution < -0.4 is 15.9 Å². The second-order valence-electron chi connectivity index (χ2n) is 11.9. The summed E-state index contributed by atoms with van der Waals surface area (Å²) in [7, 11) is -3.18. The maximum absolute atomic E-state index is 15.5. The van der Waals surface area contributed by atoms with Crippen LogP contribution in [-0.4, -0.2) is 0 Å². The molecule has 0 N–H and O–H groups in total. The van der Waals surface area contributed by atoms with Crippen LogP contribution in [0.2, 0.25) is 0 Å². The van der Waals surface area contributed by atoms with Crippen LogP contribution in [0.5, 0.6) is 0 Å². The third-order valence-corrected chi connectivity index (χ3v) is 12.6. The molecule has 2 heteroatoms. The molecule has 0 fully saturated rings. The van der Waals surface area contributed by atoms with Crippen molar-refractivity contribution in [2.24, 2.45) is 0 Å². The van der Waals surface area contributed by atoms with Gasteiger partial charge in [0.05, 0.1) is 0 Å². The first-order valence-electron chi connectivity index (χ1n) is 15.7. The van der Waals surface area contributed by atoms with Gasteiger partial charge in [-0.3, -0.25) is 0 Å². The molecule has 0 heterocycles. The Morgan fingerprint density at radius 1 is 0.304 bits per heavy atom. The standard InChI is InChI=1S/C44H29OP/c45-46(30-15-3-1-4-16-30,31-17-5-2-6-18-31)43-28-14-26-33-35(25-13-27-38(33)43)41-29-42-36-21-8-7-19-32(36)34-20-9-11-23-39(34)44(42)40-24-12-10-22-37(40)41/h1-29H. The Hall–Kier alpha value is -5.49. The molecule has 0 aliphatic carbocycles. The van der Waals surface area contributed by atoms with Crippen molar-refractivity contribution in [3.05, 3.63) is 176 Å². The van der Waals surface area contributed by atoms with Crippen LogP contribution in [0.25, 0.3) is 65.0 Å². The van der Waals surface area contributed by atoms with Gasteiger partial charge in [-0.2, -0.15) is 0 Å². The second kappa shape index (κ2) is 10.6. The van der Waals surface area contributed by atoms with Gasteiger partial charge >= 0.3 is 0 Å². The van der Waals surface area contributed by atoms with Gasteiger partial charge in [-0.15, -0.1) is 0 Å². The predicted molar refractivity (Wildman–Crippen MR) is 199 cm³/mol. The number of hydrogen-bond donors (Lipinski definition) is 0. The fourth-order valence-electron chi connectivity index (χ4n) is 7.50. The first-order chi connectivity index (χ1) is 22.7. The average molecular weight is 605 g/mol. The Bertz CT molecular complexity index is 2610. The molecular formula is C44H29OP. The third kappa shape index (κ3) is 3.92. The molecule has 0 aliphatic rings. The lowest BCUT2D eigenvalue weighted by Crippen LogP contribution is -2.25. The summed E-state index contributed by atoms with van der Waals surface area (Å²) in [5, 5.41) is 14.7. The summed E-state index contributed by atoms with van der Waals surface area (Å²) in [4.78, 5) is 0. The smallest absolute Gasteiger partial charge is 0.171 e. The van der Waals surface area contributed by atoms with Gasteiger partial charge in [0.1, 0.15) is 0 Å². The summed E-state index contributed by atoms with van der Waals surface area (Å²) in [5.41, 5.74) is 2.32. The van der Waals surface area contributed by atoms with E-state index in [2.05, 4.69) is 115 Å². The van der Waals surface area contributed by atoms with Crippen LogP contribution in [0.1, 0.15) is 0 Å². The summed E-state index contributed by atoms with van der Waals surface area (Å²) in [6.07, 6.45) is 0. The van der Waals surface area contributed by atoms with E-state index in [9.17, 15) is 0 Å². The van der Waals surface area contributed by atoms with Crippen LogP contribution in [0, 0.1) is 0 Å². The Kier molecular flexibility index (Phi) is 6.17. The molecule has 46 heavy (non-hydrogen) atoms. The van der Waals surface area contributed by atoms with E-state index in [4.69, 9.17) is 0 Å². The Labute approximate surface area is 267 Å². The predicted octanol–water partition coefficient (Wildman–Crippen LogP) is 10.8. The van der Waals surface area contributed by atoms with Crippen molar-refractivity contribution in [1.29, 1.82) is 0 Å². The quantitative estimate of drug-likeness (QED) is 0.144. The first-order valence-corrected chi connectivity index (χ1v) is 17.4. The van der Waals surface area contributed by atoms with Crippen molar-refractivity contribution in [3.8, 4) is 11.1 Å². The number of rotatable bonds is 4. The van der Waals surface area contributed by atoms with E-state index in [1.807, 2.05) is 60.7 Å². The lowest BCUT2D eigenvalue weighted by atomic mass is 9.86. The molecule has 9 aromatic rings. The highest BCUT2D eigenvalue weighted by atomic mass is 31.2. The van der Waals surface area contributed by atoms with E-state index in [0.29, 0.717) is 0 Å². The van der Waals surface area contributed by atoms with Gasteiger partial charge in [0.25, 0.3) is 0 Å². The highest BCUT2D eigenvalue weighted by Crippen LogP contribution is 2.47. The minimum atomic E-state index is -3.18. The molecule has 0 atom stereocenters. The largest absolute Gasteiger partial charge is 0.309 e. The average Bonchev–Trinajstić information content (AvgIpc) is 3.14. The maximum atomic E-state index is 15.5. The molecule has 0 radical (unpaired) electrons. The molecule has 9 aromatic carbocycles. The van der Waals surface area contributed by atoms with Crippen molar-refractivity contribution in [2.75, 3.05) is 0 Å². The fraction of sp³-hybridized carbons (Fsp3) is 0. The summed E-state index contributed by atoms with van der Waals surface area (Å²) in [6.45, 7) is 0. The van der Waals surface area contributed by atoms with E-state index in [1.165, 1.54) is 48.7 Å². The van der Waals surface area contributed by atoms with Crippen LogP contribution >= 0.6 is 7.14 Å². The Balaban J connectivity index is 1.40. The molecule has 0 unspecified atom stereocenters. The molecule has 0 spiro atoms. The molecule has 9 rings (SSSR count). The number of fused-ring (bicyclic) bond motifs is 9. The van der Waals surface area contributed by atoms with Crippen LogP contribution in [0.4, 0.5) is 0 Å². The molecule has 0 amide bonds. The zero-order valence-corrected chi connectivity index (χ0v) is 26.0. The third-order valence-electron chi connectivity index (χ3n) is 9.52. The molecule has 0 aromatic heterocycles. The van der Waals surface area contributed by atoms with Crippen molar-refractivity contribution in [1.82, 2.24) is 0 Å².